The second-order valence-electron chi connectivity index (χ2n) is 4.34. The first-order valence-corrected chi connectivity index (χ1v) is 5.77. The lowest BCUT2D eigenvalue weighted by molar-refractivity contribution is -0.134. The minimum atomic E-state index is -0.554. The maximum absolute atomic E-state index is 11.9. The first-order chi connectivity index (χ1) is 8.00. The van der Waals surface area contributed by atoms with Crippen molar-refractivity contribution in [2.45, 2.75) is 32.5 Å². The number of aliphatic hydroxyl groups is 1. The smallest absolute Gasteiger partial charge is 0.239 e. The van der Waals surface area contributed by atoms with Crippen molar-refractivity contribution >= 4 is 5.91 Å². The molecule has 1 amide bonds. The Kier molecular flexibility index (Phi) is 5.12. The van der Waals surface area contributed by atoms with E-state index in [2.05, 4.69) is 0 Å². The van der Waals surface area contributed by atoms with Crippen LogP contribution in [0, 0.1) is 0 Å². The average molecular weight is 236 g/mol. The lowest BCUT2D eigenvalue weighted by atomic mass is 10.2. The van der Waals surface area contributed by atoms with E-state index in [0.717, 1.165) is 5.56 Å². The zero-order chi connectivity index (χ0) is 12.8. The molecule has 0 fully saturated rings. The third-order valence-electron chi connectivity index (χ3n) is 2.40. The van der Waals surface area contributed by atoms with Gasteiger partial charge in [0.25, 0.3) is 0 Å². The van der Waals surface area contributed by atoms with Crippen LogP contribution < -0.4 is 5.73 Å². The quantitative estimate of drug-likeness (QED) is 0.792. The van der Waals surface area contributed by atoms with Gasteiger partial charge in [0.05, 0.1) is 12.1 Å². The standard InChI is InChI=1S/C13H20N2O2/c1-10(16)8-15(13(17)11(2)14)9-12-6-4-3-5-7-12/h3-7,10-11,16H,8-9,14H2,1-2H3. The Morgan fingerprint density at radius 2 is 1.94 bits per heavy atom. The van der Waals surface area contributed by atoms with Crippen LogP contribution >= 0.6 is 0 Å². The van der Waals surface area contributed by atoms with Crippen LogP contribution in [0.3, 0.4) is 0 Å². The number of aliphatic hydroxyl groups excluding tert-OH is 1. The summed E-state index contributed by atoms with van der Waals surface area (Å²) >= 11 is 0. The van der Waals surface area contributed by atoms with Gasteiger partial charge in [-0.1, -0.05) is 30.3 Å². The van der Waals surface area contributed by atoms with Gasteiger partial charge in [0.1, 0.15) is 0 Å². The molecule has 0 spiro atoms. The van der Waals surface area contributed by atoms with E-state index in [9.17, 15) is 9.90 Å². The van der Waals surface area contributed by atoms with Crippen LogP contribution in [-0.2, 0) is 11.3 Å². The highest BCUT2D eigenvalue weighted by atomic mass is 16.3. The molecular weight excluding hydrogens is 216 g/mol. The molecule has 2 unspecified atom stereocenters. The Bertz CT molecular complexity index is 350. The summed E-state index contributed by atoms with van der Waals surface area (Å²) in [5, 5.41) is 9.40. The number of benzene rings is 1. The van der Waals surface area contributed by atoms with Gasteiger partial charge in [0, 0.05) is 13.1 Å². The maximum atomic E-state index is 11.9. The highest BCUT2D eigenvalue weighted by Crippen LogP contribution is 2.06. The molecular formula is C13H20N2O2. The van der Waals surface area contributed by atoms with Crippen molar-refractivity contribution in [3.05, 3.63) is 35.9 Å². The molecule has 1 aromatic carbocycles. The van der Waals surface area contributed by atoms with Crippen molar-refractivity contribution in [2.75, 3.05) is 6.54 Å². The molecule has 1 aromatic rings. The number of hydrogen-bond acceptors (Lipinski definition) is 3. The summed E-state index contributed by atoms with van der Waals surface area (Å²) in [7, 11) is 0. The maximum Gasteiger partial charge on any atom is 0.239 e. The van der Waals surface area contributed by atoms with Crippen LogP contribution in [-0.4, -0.2) is 34.6 Å². The van der Waals surface area contributed by atoms with Gasteiger partial charge >= 0.3 is 0 Å². The molecule has 0 aliphatic heterocycles. The summed E-state index contributed by atoms with van der Waals surface area (Å²) in [6, 6.07) is 9.12. The minimum absolute atomic E-state index is 0.144. The predicted octanol–water partition coefficient (Wildman–Crippen LogP) is 0.743. The van der Waals surface area contributed by atoms with Crippen LogP contribution in [0.15, 0.2) is 30.3 Å². The van der Waals surface area contributed by atoms with E-state index in [0.29, 0.717) is 13.1 Å². The first-order valence-electron chi connectivity index (χ1n) is 5.77. The number of hydrogen-bond donors (Lipinski definition) is 2. The Morgan fingerprint density at radius 1 is 1.35 bits per heavy atom. The topological polar surface area (TPSA) is 66.6 Å². The second kappa shape index (κ2) is 6.37. The van der Waals surface area contributed by atoms with Crippen molar-refractivity contribution in [2.24, 2.45) is 5.73 Å². The molecule has 0 saturated carbocycles. The fourth-order valence-corrected chi connectivity index (χ4v) is 1.64. The van der Waals surface area contributed by atoms with Crippen molar-refractivity contribution in [3.8, 4) is 0 Å². The van der Waals surface area contributed by atoms with Gasteiger partial charge in [-0.2, -0.15) is 0 Å². The molecule has 0 aliphatic rings. The van der Waals surface area contributed by atoms with Crippen molar-refractivity contribution < 1.29 is 9.90 Å². The highest BCUT2D eigenvalue weighted by Gasteiger charge is 2.18. The number of rotatable bonds is 5. The highest BCUT2D eigenvalue weighted by molar-refractivity contribution is 5.81. The normalized spacial score (nSPS) is 14.1. The van der Waals surface area contributed by atoms with E-state index in [4.69, 9.17) is 5.73 Å². The zero-order valence-corrected chi connectivity index (χ0v) is 10.3. The Morgan fingerprint density at radius 3 is 2.41 bits per heavy atom. The van der Waals surface area contributed by atoms with Gasteiger partial charge in [-0.15, -0.1) is 0 Å². The third-order valence-corrected chi connectivity index (χ3v) is 2.40. The molecule has 94 valence electrons. The van der Waals surface area contributed by atoms with E-state index in [-0.39, 0.29) is 5.91 Å². The van der Waals surface area contributed by atoms with Crippen molar-refractivity contribution in [1.82, 2.24) is 4.90 Å². The van der Waals surface area contributed by atoms with Crippen LogP contribution in [0.1, 0.15) is 19.4 Å². The van der Waals surface area contributed by atoms with E-state index in [1.165, 1.54) is 0 Å². The fraction of sp³-hybridized carbons (Fsp3) is 0.462. The summed E-state index contributed by atoms with van der Waals surface area (Å²) in [6.45, 7) is 4.09. The number of carbonyl (C=O) groups is 1. The summed E-state index contributed by atoms with van der Waals surface area (Å²) in [5.74, 6) is -0.144. The molecule has 1 rings (SSSR count). The third kappa shape index (κ3) is 4.54. The van der Waals surface area contributed by atoms with Gasteiger partial charge in [0.15, 0.2) is 0 Å². The van der Waals surface area contributed by atoms with E-state index in [1.54, 1.807) is 18.7 Å². The molecule has 0 radical (unpaired) electrons. The number of nitrogens with two attached hydrogens (primary N) is 1. The molecule has 0 saturated heterocycles. The Hall–Kier alpha value is -1.39. The van der Waals surface area contributed by atoms with Gasteiger partial charge in [-0.05, 0) is 19.4 Å². The van der Waals surface area contributed by atoms with E-state index in [1.807, 2.05) is 30.3 Å². The Labute approximate surface area is 102 Å². The molecule has 4 heteroatoms. The van der Waals surface area contributed by atoms with Crippen LogP contribution in [0.5, 0.6) is 0 Å². The zero-order valence-electron chi connectivity index (χ0n) is 10.3. The summed E-state index contributed by atoms with van der Waals surface area (Å²) in [4.78, 5) is 13.5. The number of carbonyl (C=O) groups excluding carboxylic acids is 1. The SMILES string of the molecule is CC(O)CN(Cc1ccccc1)C(=O)C(C)N. The van der Waals surface area contributed by atoms with Crippen molar-refractivity contribution in [1.29, 1.82) is 0 Å². The van der Waals surface area contributed by atoms with Crippen LogP contribution in [0.2, 0.25) is 0 Å². The van der Waals surface area contributed by atoms with E-state index >= 15 is 0 Å². The second-order valence-corrected chi connectivity index (χ2v) is 4.34. The summed E-state index contributed by atoms with van der Waals surface area (Å²) in [5.41, 5.74) is 6.62. The van der Waals surface area contributed by atoms with Gasteiger partial charge in [-0.25, -0.2) is 0 Å². The lowest BCUT2D eigenvalue weighted by Crippen LogP contribution is -2.44. The molecule has 0 bridgehead atoms. The Balaban J connectivity index is 2.74. The lowest BCUT2D eigenvalue weighted by Gasteiger charge is -2.25. The van der Waals surface area contributed by atoms with Crippen LogP contribution in [0.25, 0.3) is 0 Å². The molecule has 0 aromatic heterocycles. The van der Waals surface area contributed by atoms with Crippen LogP contribution in [0.4, 0.5) is 0 Å². The molecule has 0 heterocycles. The average Bonchev–Trinajstić information content (AvgIpc) is 2.28. The number of amides is 1. The molecule has 0 aliphatic carbocycles. The van der Waals surface area contributed by atoms with Gasteiger partial charge in [-0.3, -0.25) is 4.79 Å². The summed E-state index contributed by atoms with van der Waals surface area (Å²) in [6.07, 6.45) is -0.554. The molecule has 4 nitrogen and oxygen atoms in total. The predicted molar refractivity (Wildman–Crippen MR) is 67.2 cm³/mol. The minimum Gasteiger partial charge on any atom is -0.392 e. The monoisotopic (exact) mass is 236 g/mol. The van der Waals surface area contributed by atoms with E-state index < -0.39 is 12.1 Å². The molecule has 3 N–H and O–H groups in total. The number of nitrogens with zero attached hydrogens (tertiary/aromatic N) is 1. The molecule has 2 atom stereocenters. The van der Waals surface area contributed by atoms with Crippen molar-refractivity contribution in [3.63, 3.8) is 0 Å². The molecule has 17 heavy (non-hydrogen) atoms. The van der Waals surface area contributed by atoms with Gasteiger partial charge in [0.2, 0.25) is 5.91 Å². The largest absolute Gasteiger partial charge is 0.392 e. The first kappa shape index (κ1) is 13.7. The summed E-state index contributed by atoms with van der Waals surface area (Å²) < 4.78 is 0. The fourth-order valence-electron chi connectivity index (χ4n) is 1.64. The van der Waals surface area contributed by atoms with Gasteiger partial charge < -0.3 is 15.7 Å².